The predicted octanol–water partition coefficient (Wildman–Crippen LogP) is 2.44. The molecule has 1 aliphatic carbocycles. The summed E-state index contributed by atoms with van der Waals surface area (Å²) in [6, 6.07) is 0.566. The number of aromatic nitrogens is 2. The van der Waals surface area contributed by atoms with E-state index in [2.05, 4.69) is 29.5 Å². The third-order valence-electron chi connectivity index (χ3n) is 3.07. The van der Waals surface area contributed by atoms with Crippen LogP contribution in [0.4, 0.5) is 0 Å². The maximum atomic E-state index is 6.28. The second kappa shape index (κ2) is 5.02. The maximum Gasteiger partial charge on any atom is 0.0863 e. The molecule has 0 aliphatic heterocycles. The van der Waals surface area contributed by atoms with Gasteiger partial charge in [-0.1, -0.05) is 30.7 Å². The molecule has 2 rings (SSSR count). The minimum atomic E-state index is 0.566. The summed E-state index contributed by atoms with van der Waals surface area (Å²) in [6.45, 7) is 2.88. The van der Waals surface area contributed by atoms with Crippen LogP contribution in [0.5, 0.6) is 0 Å². The number of halogens is 1. The van der Waals surface area contributed by atoms with Gasteiger partial charge in [-0.2, -0.15) is 5.10 Å². The minimum absolute atomic E-state index is 0.566. The summed E-state index contributed by atoms with van der Waals surface area (Å²) in [5.74, 6) is 0. The Kier molecular flexibility index (Phi) is 3.66. The fourth-order valence-electron chi connectivity index (χ4n) is 2.04. The second-order valence-corrected chi connectivity index (χ2v) is 4.58. The molecule has 0 atom stereocenters. The SMILES string of the molecule is CCc1nn(C)c(CNC2CC=CC2)c1Cl. The van der Waals surface area contributed by atoms with E-state index in [0.29, 0.717) is 6.04 Å². The lowest BCUT2D eigenvalue weighted by molar-refractivity contribution is 0.519. The molecule has 0 saturated carbocycles. The molecule has 1 aromatic rings. The summed E-state index contributed by atoms with van der Waals surface area (Å²) in [5.41, 5.74) is 2.08. The van der Waals surface area contributed by atoms with Gasteiger partial charge in [0.2, 0.25) is 0 Å². The summed E-state index contributed by atoms with van der Waals surface area (Å²) in [6.07, 6.45) is 7.57. The van der Waals surface area contributed by atoms with Crippen LogP contribution in [-0.2, 0) is 20.0 Å². The fraction of sp³-hybridized carbons (Fsp3) is 0.583. The van der Waals surface area contributed by atoms with E-state index in [9.17, 15) is 0 Å². The standard InChI is InChI=1S/C12H18ClN3/c1-3-10-12(13)11(16(2)15-10)8-14-9-6-4-5-7-9/h4-5,9,14H,3,6-8H2,1-2H3. The van der Waals surface area contributed by atoms with E-state index < -0.39 is 0 Å². The highest BCUT2D eigenvalue weighted by atomic mass is 35.5. The van der Waals surface area contributed by atoms with Crippen molar-refractivity contribution in [1.29, 1.82) is 0 Å². The third-order valence-corrected chi connectivity index (χ3v) is 3.51. The number of nitrogens with one attached hydrogen (secondary N) is 1. The van der Waals surface area contributed by atoms with Crippen molar-refractivity contribution >= 4 is 11.6 Å². The topological polar surface area (TPSA) is 29.9 Å². The van der Waals surface area contributed by atoms with Gasteiger partial charge in [-0.3, -0.25) is 4.68 Å². The van der Waals surface area contributed by atoms with Crippen LogP contribution >= 0.6 is 11.6 Å². The summed E-state index contributed by atoms with van der Waals surface area (Å²) >= 11 is 6.28. The van der Waals surface area contributed by atoms with Gasteiger partial charge in [-0.15, -0.1) is 0 Å². The zero-order valence-corrected chi connectivity index (χ0v) is 10.6. The van der Waals surface area contributed by atoms with Crippen molar-refractivity contribution in [2.75, 3.05) is 0 Å². The maximum absolute atomic E-state index is 6.28. The highest BCUT2D eigenvalue weighted by Crippen LogP contribution is 2.21. The van der Waals surface area contributed by atoms with Gasteiger partial charge in [-0.25, -0.2) is 0 Å². The second-order valence-electron chi connectivity index (χ2n) is 4.21. The van der Waals surface area contributed by atoms with E-state index in [4.69, 9.17) is 11.6 Å². The average molecular weight is 240 g/mol. The Hall–Kier alpha value is -0.800. The van der Waals surface area contributed by atoms with Gasteiger partial charge in [0.15, 0.2) is 0 Å². The summed E-state index contributed by atoms with van der Waals surface area (Å²) < 4.78 is 1.89. The first-order valence-corrected chi connectivity index (χ1v) is 6.18. The van der Waals surface area contributed by atoms with Gasteiger partial charge in [0.05, 0.1) is 16.4 Å². The molecule has 1 aliphatic rings. The van der Waals surface area contributed by atoms with E-state index in [1.165, 1.54) is 0 Å². The lowest BCUT2D eigenvalue weighted by Crippen LogP contribution is -2.26. The monoisotopic (exact) mass is 239 g/mol. The Balaban J connectivity index is 2.00. The van der Waals surface area contributed by atoms with Gasteiger partial charge < -0.3 is 5.32 Å². The van der Waals surface area contributed by atoms with Crippen molar-refractivity contribution in [3.8, 4) is 0 Å². The van der Waals surface area contributed by atoms with Gasteiger partial charge >= 0.3 is 0 Å². The summed E-state index contributed by atoms with van der Waals surface area (Å²) in [5, 5.41) is 8.73. The van der Waals surface area contributed by atoms with Crippen molar-refractivity contribution in [2.45, 2.75) is 38.8 Å². The molecule has 0 bridgehead atoms. The van der Waals surface area contributed by atoms with Crippen molar-refractivity contribution in [3.63, 3.8) is 0 Å². The van der Waals surface area contributed by atoms with Crippen LogP contribution in [-0.4, -0.2) is 15.8 Å². The lowest BCUT2D eigenvalue weighted by Gasteiger charge is -2.12. The van der Waals surface area contributed by atoms with E-state index in [1.807, 2.05) is 11.7 Å². The molecule has 0 unspecified atom stereocenters. The molecule has 1 N–H and O–H groups in total. The van der Waals surface area contributed by atoms with Crippen LogP contribution in [0.2, 0.25) is 5.02 Å². The Morgan fingerprint density at radius 3 is 2.75 bits per heavy atom. The average Bonchev–Trinajstić information content (AvgIpc) is 2.86. The van der Waals surface area contributed by atoms with Crippen LogP contribution < -0.4 is 5.32 Å². The molecule has 88 valence electrons. The summed E-state index contributed by atoms with van der Waals surface area (Å²) in [4.78, 5) is 0. The van der Waals surface area contributed by atoms with Gasteiger partial charge in [0.25, 0.3) is 0 Å². The number of aryl methyl sites for hydroxylation is 2. The quantitative estimate of drug-likeness (QED) is 0.818. The first-order chi connectivity index (χ1) is 7.72. The molecular weight excluding hydrogens is 222 g/mol. The van der Waals surface area contributed by atoms with Crippen LogP contribution in [0.25, 0.3) is 0 Å². The fourth-order valence-corrected chi connectivity index (χ4v) is 2.40. The lowest BCUT2D eigenvalue weighted by atomic mass is 10.2. The minimum Gasteiger partial charge on any atom is -0.308 e. The number of rotatable bonds is 4. The smallest absolute Gasteiger partial charge is 0.0863 e. The molecule has 16 heavy (non-hydrogen) atoms. The zero-order chi connectivity index (χ0) is 11.5. The molecule has 4 heteroatoms. The molecule has 0 amide bonds. The number of nitrogens with zero attached hydrogens (tertiary/aromatic N) is 2. The molecule has 1 aromatic heterocycles. The van der Waals surface area contributed by atoms with Crippen molar-refractivity contribution in [3.05, 3.63) is 28.6 Å². The van der Waals surface area contributed by atoms with Gasteiger partial charge in [0, 0.05) is 19.6 Å². The highest BCUT2D eigenvalue weighted by Gasteiger charge is 2.15. The van der Waals surface area contributed by atoms with Gasteiger partial charge in [-0.05, 0) is 19.3 Å². The van der Waals surface area contributed by atoms with Crippen molar-refractivity contribution in [1.82, 2.24) is 15.1 Å². The molecular formula is C12H18ClN3. The molecule has 0 radical (unpaired) electrons. The van der Waals surface area contributed by atoms with Crippen molar-refractivity contribution in [2.24, 2.45) is 7.05 Å². The van der Waals surface area contributed by atoms with Crippen LogP contribution in [0, 0.1) is 0 Å². The largest absolute Gasteiger partial charge is 0.308 e. The summed E-state index contributed by atoms with van der Waals surface area (Å²) in [7, 11) is 1.95. The number of hydrogen-bond donors (Lipinski definition) is 1. The molecule has 0 fully saturated rings. The normalized spacial score (nSPS) is 16.2. The molecule has 0 saturated heterocycles. The third kappa shape index (κ3) is 2.30. The molecule has 0 aromatic carbocycles. The van der Waals surface area contributed by atoms with Gasteiger partial charge in [0.1, 0.15) is 0 Å². The van der Waals surface area contributed by atoms with E-state index in [1.54, 1.807) is 0 Å². The Morgan fingerprint density at radius 2 is 2.19 bits per heavy atom. The Bertz CT molecular complexity index is 387. The Labute approximate surface area is 101 Å². The Morgan fingerprint density at radius 1 is 1.50 bits per heavy atom. The van der Waals surface area contributed by atoms with Crippen LogP contribution in [0.1, 0.15) is 31.2 Å². The van der Waals surface area contributed by atoms with Crippen molar-refractivity contribution < 1.29 is 0 Å². The van der Waals surface area contributed by atoms with E-state index in [0.717, 1.165) is 42.2 Å². The van der Waals surface area contributed by atoms with Crippen LogP contribution in [0.3, 0.4) is 0 Å². The first kappa shape index (κ1) is 11.7. The highest BCUT2D eigenvalue weighted by molar-refractivity contribution is 6.31. The molecule has 3 nitrogen and oxygen atoms in total. The van der Waals surface area contributed by atoms with E-state index in [-0.39, 0.29) is 0 Å². The first-order valence-electron chi connectivity index (χ1n) is 5.81. The predicted molar refractivity (Wildman–Crippen MR) is 66.6 cm³/mol. The van der Waals surface area contributed by atoms with E-state index >= 15 is 0 Å². The molecule has 1 heterocycles. The molecule has 0 spiro atoms. The zero-order valence-electron chi connectivity index (χ0n) is 9.83. The van der Waals surface area contributed by atoms with Crippen LogP contribution in [0.15, 0.2) is 12.2 Å². The number of hydrogen-bond acceptors (Lipinski definition) is 2.